The van der Waals surface area contributed by atoms with Gasteiger partial charge in [-0.2, -0.15) is 4.74 Å². The minimum Gasteiger partial charge on any atom is -0.618 e. The highest BCUT2D eigenvalue weighted by Crippen LogP contribution is 2.25. The minimum atomic E-state index is 0.295. The third kappa shape index (κ3) is 3.42. The molecule has 1 aliphatic rings. The van der Waals surface area contributed by atoms with Crippen LogP contribution in [0.2, 0.25) is 0 Å². The number of anilines is 1. The Balaban J connectivity index is 2.47. The Morgan fingerprint density at radius 3 is 2.73 bits per heavy atom. The summed E-state index contributed by atoms with van der Waals surface area (Å²) < 4.78 is 0.718. The highest BCUT2D eigenvalue weighted by molar-refractivity contribution is 6.09. The lowest BCUT2D eigenvalue weighted by atomic mass is 10.1. The van der Waals surface area contributed by atoms with Gasteiger partial charge in [0.1, 0.15) is 5.69 Å². The van der Waals surface area contributed by atoms with Crippen LogP contribution in [0, 0.1) is 5.21 Å². The number of para-hydroxylation sites is 2. The fourth-order valence-electron chi connectivity index (χ4n) is 1.88. The SMILES string of the molecule is C=C1C=CC(/N=C/N(C)C)=CC/1=[N+](\[O-])c1ccccc1NO. The Morgan fingerprint density at radius 1 is 1.32 bits per heavy atom. The third-order valence-electron chi connectivity index (χ3n) is 2.97. The molecule has 114 valence electrons. The minimum absolute atomic E-state index is 0.295. The Labute approximate surface area is 129 Å². The number of hydrogen-bond acceptors (Lipinski definition) is 4. The fraction of sp³-hybridized carbons (Fsp3) is 0.125. The van der Waals surface area contributed by atoms with Crippen LogP contribution in [0.25, 0.3) is 0 Å². The van der Waals surface area contributed by atoms with Gasteiger partial charge in [-0.15, -0.1) is 0 Å². The number of benzene rings is 1. The summed E-state index contributed by atoms with van der Waals surface area (Å²) in [6.07, 6.45) is 6.83. The van der Waals surface area contributed by atoms with E-state index in [1.807, 2.05) is 19.6 Å². The quantitative estimate of drug-likeness (QED) is 0.295. The van der Waals surface area contributed by atoms with E-state index in [1.165, 1.54) is 0 Å². The third-order valence-corrected chi connectivity index (χ3v) is 2.97. The maximum atomic E-state index is 12.6. The van der Waals surface area contributed by atoms with Gasteiger partial charge in [-0.05, 0) is 18.2 Å². The largest absolute Gasteiger partial charge is 0.618 e. The van der Waals surface area contributed by atoms with Gasteiger partial charge < -0.3 is 10.1 Å². The molecular weight excluding hydrogens is 280 g/mol. The Morgan fingerprint density at radius 2 is 2.05 bits per heavy atom. The first kappa shape index (κ1) is 15.5. The molecule has 0 aliphatic heterocycles. The van der Waals surface area contributed by atoms with Crippen molar-refractivity contribution in [2.45, 2.75) is 0 Å². The Hall–Kier alpha value is -2.86. The first-order valence-electron chi connectivity index (χ1n) is 6.66. The molecule has 0 bridgehead atoms. The summed E-state index contributed by atoms with van der Waals surface area (Å²) >= 11 is 0. The molecule has 0 radical (unpaired) electrons. The molecule has 2 rings (SSSR count). The average Bonchev–Trinajstić information content (AvgIpc) is 2.53. The molecule has 0 spiro atoms. The lowest BCUT2D eigenvalue weighted by Crippen LogP contribution is -2.15. The van der Waals surface area contributed by atoms with E-state index >= 15 is 0 Å². The Bertz CT molecular complexity index is 700. The lowest BCUT2D eigenvalue weighted by molar-refractivity contribution is -0.358. The van der Waals surface area contributed by atoms with Gasteiger partial charge >= 0.3 is 0 Å². The second kappa shape index (κ2) is 6.73. The standard InChI is InChI=1S/C16H18N4O2/c1-12-8-9-13(17-11-19(2)3)10-16(12)20(22)15-7-5-4-6-14(15)18-21/h4-11,18,21H,1H2,2-3H3/b17-11+,20-16+. The summed E-state index contributed by atoms with van der Waals surface area (Å²) in [6.45, 7) is 3.87. The zero-order valence-electron chi connectivity index (χ0n) is 12.5. The lowest BCUT2D eigenvalue weighted by Gasteiger charge is -2.13. The van der Waals surface area contributed by atoms with Gasteiger partial charge in [0.2, 0.25) is 11.4 Å². The number of nitrogens with one attached hydrogen (secondary N) is 1. The predicted molar refractivity (Wildman–Crippen MR) is 88.7 cm³/mol. The van der Waals surface area contributed by atoms with Gasteiger partial charge in [0.15, 0.2) is 0 Å². The van der Waals surface area contributed by atoms with Crippen molar-refractivity contribution in [2.75, 3.05) is 19.6 Å². The second-order valence-corrected chi connectivity index (χ2v) is 4.94. The van der Waals surface area contributed by atoms with Crippen molar-refractivity contribution in [3.63, 3.8) is 0 Å². The normalized spacial score (nSPS) is 16.7. The summed E-state index contributed by atoms with van der Waals surface area (Å²) in [5.41, 5.74) is 4.23. The number of rotatable bonds is 4. The van der Waals surface area contributed by atoms with Crippen molar-refractivity contribution in [3.05, 3.63) is 65.5 Å². The van der Waals surface area contributed by atoms with Crippen LogP contribution in [0.15, 0.2) is 65.3 Å². The number of aliphatic imine (C=N–C) groups is 1. The molecule has 0 heterocycles. The molecule has 0 aromatic heterocycles. The van der Waals surface area contributed by atoms with Gasteiger partial charge in [-0.3, -0.25) is 10.7 Å². The van der Waals surface area contributed by atoms with Crippen molar-refractivity contribution in [3.8, 4) is 0 Å². The summed E-state index contributed by atoms with van der Waals surface area (Å²) in [5, 5.41) is 21.7. The van der Waals surface area contributed by atoms with Crippen LogP contribution < -0.4 is 5.48 Å². The highest BCUT2D eigenvalue weighted by atomic mass is 16.5. The molecule has 0 saturated heterocycles. The van der Waals surface area contributed by atoms with Gasteiger partial charge in [0, 0.05) is 31.8 Å². The molecule has 0 atom stereocenters. The number of hydrogen-bond donors (Lipinski definition) is 2. The van der Waals surface area contributed by atoms with E-state index in [-0.39, 0.29) is 0 Å². The van der Waals surface area contributed by atoms with Crippen molar-refractivity contribution in [2.24, 2.45) is 4.99 Å². The second-order valence-electron chi connectivity index (χ2n) is 4.94. The zero-order chi connectivity index (χ0) is 16.1. The van der Waals surface area contributed by atoms with Crippen LogP contribution in [0.1, 0.15) is 0 Å². The predicted octanol–water partition coefficient (Wildman–Crippen LogP) is 2.67. The molecule has 6 heteroatoms. The molecule has 0 saturated carbocycles. The monoisotopic (exact) mass is 298 g/mol. The maximum Gasteiger partial charge on any atom is 0.242 e. The molecule has 22 heavy (non-hydrogen) atoms. The van der Waals surface area contributed by atoms with Crippen molar-refractivity contribution in [1.29, 1.82) is 0 Å². The van der Waals surface area contributed by atoms with E-state index in [9.17, 15) is 5.21 Å². The van der Waals surface area contributed by atoms with E-state index < -0.39 is 0 Å². The molecule has 1 aliphatic carbocycles. The molecule has 0 unspecified atom stereocenters. The zero-order valence-corrected chi connectivity index (χ0v) is 12.5. The van der Waals surface area contributed by atoms with Gasteiger partial charge in [0.05, 0.1) is 12.0 Å². The average molecular weight is 298 g/mol. The Kier molecular flexibility index (Phi) is 4.75. The van der Waals surface area contributed by atoms with Crippen molar-refractivity contribution in [1.82, 2.24) is 4.90 Å². The first-order chi connectivity index (χ1) is 10.5. The smallest absolute Gasteiger partial charge is 0.242 e. The summed E-state index contributed by atoms with van der Waals surface area (Å²) in [7, 11) is 3.73. The topological polar surface area (TPSA) is 73.9 Å². The van der Waals surface area contributed by atoms with E-state index in [2.05, 4.69) is 11.6 Å². The van der Waals surface area contributed by atoms with Crippen LogP contribution >= 0.6 is 0 Å². The van der Waals surface area contributed by atoms with Crippen LogP contribution in [-0.4, -0.2) is 41.0 Å². The van der Waals surface area contributed by atoms with Gasteiger partial charge in [0.25, 0.3) is 0 Å². The molecule has 0 fully saturated rings. The number of allylic oxidation sites excluding steroid dienone is 4. The van der Waals surface area contributed by atoms with Gasteiger partial charge in [-0.25, -0.2) is 4.99 Å². The van der Waals surface area contributed by atoms with E-state index in [0.717, 1.165) is 4.74 Å². The summed E-state index contributed by atoms with van der Waals surface area (Å²) in [5.74, 6) is 0. The molecule has 6 nitrogen and oxygen atoms in total. The fourth-order valence-corrected chi connectivity index (χ4v) is 1.88. The maximum absolute atomic E-state index is 12.6. The van der Waals surface area contributed by atoms with Crippen molar-refractivity contribution < 1.29 is 9.95 Å². The van der Waals surface area contributed by atoms with E-state index in [0.29, 0.717) is 28.4 Å². The van der Waals surface area contributed by atoms with E-state index in [4.69, 9.17) is 5.21 Å². The van der Waals surface area contributed by atoms with Gasteiger partial charge in [-0.1, -0.05) is 18.7 Å². The van der Waals surface area contributed by atoms with Crippen LogP contribution in [0.5, 0.6) is 0 Å². The van der Waals surface area contributed by atoms with E-state index in [1.54, 1.807) is 53.7 Å². The first-order valence-corrected chi connectivity index (χ1v) is 6.66. The molecule has 0 amide bonds. The van der Waals surface area contributed by atoms with Crippen molar-refractivity contribution >= 4 is 23.4 Å². The molecule has 1 aromatic carbocycles. The van der Waals surface area contributed by atoms with Crippen LogP contribution in [0.4, 0.5) is 11.4 Å². The summed E-state index contributed by atoms with van der Waals surface area (Å²) in [4.78, 5) is 6.07. The molecular formula is C16H18N4O2. The molecule has 2 N–H and O–H groups in total. The number of nitrogens with zero attached hydrogens (tertiary/aromatic N) is 3. The summed E-state index contributed by atoms with van der Waals surface area (Å²) in [6, 6.07) is 6.66. The van der Waals surface area contributed by atoms with Crippen LogP contribution in [-0.2, 0) is 0 Å². The molecule has 1 aromatic rings. The highest BCUT2D eigenvalue weighted by Gasteiger charge is 2.18. The van der Waals surface area contributed by atoms with Crippen LogP contribution in [0.3, 0.4) is 0 Å².